The van der Waals surface area contributed by atoms with E-state index in [4.69, 9.17) is 5.11 Å². The summed E-state index contributed by atoms with van der Waals surface area (Å²) < 4.78 is 0. The molecule has 0 radical (unpaired) electrons. The predicted molar refractivity (Wildman–Crippen MR) is 73.3 cm³/mol. The van der Waals surface area contributed by atoms with Crippen LogP contribution in [0.15, 0.2) is 30.3 Å². The van der Waals surface area contributed by atoms with Crippen LogP contribution in [0.1, 0.15) is 44.1 Å². The fraction of sp³-hybridized carbons (Fsp3) is 0.600. The van der Waals surface area contributed by atoms with Gasteiger partial charge in [0.1, 0.15) is 0 Å². The standard InChI is InChI=1S/C15H25NO/c1-2-3-8-15(13-16-11-7-12-17)14-9-5-4-6-10-14/h4-6,9-10,15-17H,2-3,7-8,11-13H2,1H3. The average Bonchev–Trinajstić information content (AvgIpc) is 2.39. The van der Waals surface area contributed by atoms with Crippen molar-refractivity contribution in [3.8, 4) is 0 Å². The minimum absolute atomic E-state index is 0.276. The highest BCUT2D eigenvalue weighted by atomic mass is 16.3. The summed E-state index contributed by atoms with van der Waals surface area (Å²) in [5.74, 6) is 0.606. The summed E-state index contributed by atoms with van der Waals surface area (Å²) in [5, 5.41) is 12.2. The average molecular weight is 235 g/mol. The molecule has 1 unspecified atom stereocenters. The first-order valence-electron chi connectivity index (χ1n) is 6.75. The molecule has 2 heteroatoms. The van der Waals surface area contributed by atoms with Crippen molar-refractivity contribution in [2.24, 2.45) is 0 Å². The summed E-state index contributed by atoms with van der Waals surface area (Å²) in [7, 11) is 0. The van der Waals surface area contributed by atoms with Crippen LogP contribution in [0.25, 0.3) is 0 Å². The minimum atomic E-state index is 0.276. The van der Waals surface area contributed by atoms with Crippen molar-refractivity contribution in [1.29, 1.82) is 0 Å². The van der Waals surface area contributed by atoms with E-state index in [0.717, 1.165) is 19.5 Å². The summed E-state index contributed by atoms with van der Waals surface area (Å²) in [6, 6.07) is 10.7. The predicted octanol–water partition coefficient (Wildman–Crippen LogP) is 2.93. The lowest BCUT2D eigenvalue weighted by Gasteiger charge is -2.17. The van der Waals surface area contributed by atoms with E-state index < -0.39 is 0 Å². The van der Waals surface area contributed by atoms with Crippen LogP contribution in [-0.2, 0) is 0 Å². The van der Waals surface area contributed by atoms with Crippen molar-refractivity contribution in [2.75, 3.05) is 19.7 Å². The van der Waals surface area contributed by atoms with E-state index in [1.54, 1.807) is 0 Å². The number of hydrogen-bond acceptors (Lipinski definition) is 2. The lowest BCUT2D eigenvalue weighted by Crippen LogP contribution is -2.23. The van der Waals surface area contributed by atoms with E-state index in [-0.39, 0.29) is 6.61 Å². The Bertz CT molecular complexity index is 274. The fourth-order valence-electron chi connectivity index (χ4n) is 2.04. The molecule has 0 aromatic heterocycles. The highest BCUT2D eigenvalue weighted by molar-refractivity contribution is 5.19. The van der Waals surface area contributed by atoms with Crippen LogP contribution in [0.4, 0.5) is 0 Å². The molecule has 17 heavy (non-hydrogen) atoms. The number of benzene rings is 1. The highest BCUT2D eigenvalue weighted by Gasteiger charge is 2.09. The number of aliphatic hydroxyl groups is 1. The number of hydrogen-bond donors (Lipinski definition) is 2. The molecule has 0 aliphatic rings. The zero-order valence-electron chi connectivity index (χ0n) is 10.9. The molecule has 1 atom stereocenters. The van der Waals surface area contributed by atoms with Crippen LogP contribution in [0.5, 0.6) is 0 Å². The topological polar surface area (TPSA) is 32.3 Å². The third-order valence-corrected chi connectivity index (χ3v) is 3.08. The summed E-state index contributed by atoms with van der Waals surface area (Å²) in [6.07, 6.45) is 4.61. The van der Waals surface area contributed by atoms with Gasteiger partial charge in [0.2, 0.25) is 0 Å². The Morgan fingerprint density at radius 1 is 1.18 bits per heavy atom. The molecule has 0 heterocycles. The van der Waals surface area contributed by atoms with Crippen molar-refractivity contribution in [1.82, 2.24) is 5.32 Å². The second kappa shape index (κ2) is 9.20. The van der Waals surface area contributed by atoms with E-state index >= 15 is 0 Å². The summed E-state index contributed by atoms with van der Waals surface area (Å²) in [5.41, 5.74) is 1.43. The number of nitrogens with one attached hydrogen (secondary N) is 1. The molecule has 1 aromatic rings. The maximum Gasteiger partial charge on any atom is 0.0443 e. The number of rotatable bonds is 9. The van der Waals surface area contributed by atoms with Crippen molar-refractivity contribution < 1.29 is 5.11 Å². The van der Waals surface area contributed by atoms with Gasteiger partial charge in [0.25, 0.3) is 0 Å². The molecule has 96 valence electrons. The molecule has 0 saturated carbocycles. The molecule has 0 fully saturated rings. The molecular formula is C15H25NO. The third kappa shape index (κ3) is 5.85. The summed E-state index contributed by atoms with van der Waals surface area (Å²) in [4.78, 5) is 0. The molecule has 0 saturated heterocycles. The van der Waals surface area contributed by atoms with Crippen molar-refractivity contribution in [3.05, 3.63) is 35.9 Å². The van der Waals surface area contributed by atoms with Gasteiger partial charge >= 0.3 is 0 Å². The molecule has 2 N–H and O–H groups in total. The Hall–Kier alpha value is -0.860. The van der Waals surface area contributed by atoms with Gasteiger partial charge < -0.3 is 10.4 Å². The number of unbranched alkanes of at least 4 members (excludes halogenated alkanes) is 1. The molecule has 2 nitrogen and oxygen atoms in total. The van der Waals surface area contributed by atoms with E-state index in [1.165, 1.54) is 24.8 Å². The van der Waals surface area contributed by atoms with Gasteiger partial charge in [0.05, 0.1) is 0 Å². The summed E-state index contributed by atoms with van der Waals surface area (Å²) in [6.45, 7) is 4.44. The van der Waals surface area contributed by atoms with Gasteiger partial charge in [-0.05, 0) is 30.9 Å². The van der Waals surface area contributed by atoms with Crippen LogP contribution < -0.4 is 5.32 Å². The molecule has 0 spiro atoms. The zero-order chi connectivity index (χ0) is 12.3. The Morgan fingerprint density at radius 2 is 1.94 bits per heavy atom. The van der Waals surface area contributed by atoms with Gasteiger partial charge in [-0.3, -0.25) is 0 Å². The molecule has 0 amide bonds. The quantitative estimate of drug-likeness (QED) is 0.645. The molecule has 0 bridgehead atoms. The van der Waals surface area contributed by atoms with Gasteiger partial charge in [-0.15, -0.1) is 0 Å². The lowest BCUT2D eigenvalue weighted by molar-refractivity contribution is 0.285. The van der Waals surface area contributed by atoms with Crippen LogP contribution in [0.2, 0.25) is 0 Å². The fourth-order valence-corrected chi connectivity index (χ4v) is 2.04. The smallest absolute Gasteiger partial charge is 0.0443 e. The highest BCUT2D eigenvalue weighted by Crippen LogP contribution is 2.21. The Labute approximate surface area is 105 Å². The largest absolute Gasteiger partial charge is 0.396 e. The second-order valence-corrected chi connectivity index (χ2v) is 4.53. The van der Waals surface area contributed by atoms with Gasteiger partial charge in [0.15, 0.2) is 0 Å². The van der Waals surface area contributed by atoms with E-state index in [1.807, 2.05) is 0 Å². The third-order valence-electron chi connectivity index (χ3n) is 3.08. The Balaban J connectivity index is 2.43. The van der Waals surface area contributed by atoms with Gasteiger partial charge in [0, 0.05) is 13.2 Å². The van der Waals surface area contributed by atoms with Crippen LogP contribution in [-0.4, -0.2) is 24.8 Å². The van der Waals surface area contributed by atoms with Crippen molar-refractivity contribution in [2.45, 2.75) is 38.5 Å². The molecule has 1 aromatic carbocycles. The normalized spacial score (nSPS) is 12.6. The Morgan fingerprint density at radius 3 is 2.59 bits per heavy atom. The van der Waals surface area contributed by atoms with Crippen LogP contribution in [0, 0.1) is 0 Å². The SMILES string of the molecule is CCCCC(CNCCCO)c1ccccc1. The second-order valence-electron chi connectivity index (χ2n) is 4.53. The first kappa shape index (κ1) is 14.2. The molecular weight excluding hydrogens is 210 g/mol. The van der Waals surface area contributed by atoms with Crippen LogP contribution in [0.3, 0.4) is 0 Å². The Kier molecular flexibility index (Phi) is 7.69. The maximum atomic E-state index is 8.75. The summed E-state index contributed by atoms with van der Waals surface area (Å²) >= 11 is 0. The van der Waals surface area contributed by atoms with Gasteiger partial charge in [-0.2, -0.15) is 0 Å². The van der Waals surface area contributed by atoms with Crippen molar-refractivity contribution >= 4 is 0 Å². The van der Waals surface area contributed by atoms with Crippen LogP contribution >= 0.6 is 0 Å². The maximum absolute atomic E-state index is 8.75. The lowest BCUT2D eigenvalue weighted by atomic mass is 9.93. The first-order chi connectivity index (χ1) is 8.38. The molecule has 0 aliphatic carbocycles. The molecule has 1 rings (SSSR count). The zero-order valence-corrected chi connectivity index (χ0v) is 10.9. The monoisotopic (exact) mass is 235 g/mol. The van der Waals surface area contributed by atoms with E-state index in [2.05, 4.69) is 42.6 Å². The number of aliphatic hydroxyl groups excluding tert-OH is 1. The minimum Gasteiger partial charge on any atom is -0.396 e. The van der Waals surface area contributed by atoms with E-state index in [9.17, 15) is 0 Å². The van der Waals surface area contributed by atoms with Gasteiger partial charge in [-0.1, -0.05) is 50.1 Å². The van der Waals surface area contributed by atoms with Crippen molar-refractivity contribution in [3.63, 3.8) is 0 Å². The van der Waals surface area contributed by atoms with Gasteiger partial charge in [-0.25, -0.2) is 0 Å². The van der Waals surface area contributed by atoms with E-state index in [0.29, 0.717) is 5.92 Å². The molecule has 0 aliphatic heterocycles. The first-order valence-corrected chi connectivity index (χ1v) is 6.75.